The minimum absolute atomic E-state index is 0.0668. The first kappa shape index (κ1) is 23.8. The van der Waals surface area contributed by atoms with Gasteiger partial charge in [0.1, 0.15) is 12.2 Å². The lowest BCUT2D eigenvalue weighted by atomic mass is 10.1. The Morgan fingerprint density at radius 3 is 2.59 bits per heavy atom. The van der Waals surface area contributed by atoms with Crippen molar-refractivity contribution in [2.45, 2.75) is 32.2 Å². The Morgan fingerprint density at radius 2 is 1.88 bits per heavy atom. The Hall–Kier alpha value is -3.35. The van der Waals surface area contributed by atoms with E-state index in [0.717, 1.165) is 15.6 Å². The molecule has 0 bridgehead atoms. The molecule has 0 radical (unpaired) electrons. The number of hydrogen-bond donors (Lipinski definition) is 1. The molecule has 34 heavy (non-hydrogen) atoms. The monoisotopic (exact) mass is 523 g/mol. The number of benzene rings is 2. The number of carbonyl (C=O) groups is 3. The average molecular weight is 524 g/mol. The zero-order chi connectivity index (χ0) is 24.2. The zero-order valence-corrected chi connectivity index (χ0v) is 20.4. The molecule has 176 valence electrons. The third-order valence-electron chi connectivity index (χ3n) is 6.01. The number of halogens is 1. The highest BCUT2D eigenvalue weighted by Crippen LogP contribution is 2.27. The lowest BCUT2D eigenvalue weighted by Gasteiger charge is -2.54. The molecule has 1 N–H and O–H groups in total. The molecule has 0 unspecified atom stereocenters. The van der Waals surface area contributed by atoms with Crippen LogP contribution in [0.1, 0.15) is 18.1 Å². The molecule has 2 atom stereocenters. The number of hydrazine groups is 1. The third kappa shape index (κ3) is 4.93. The summed E-state index contributed by atoms with van der Waals surface area (Å²) in [4.78, 5) is 42.7. The van der Waals surface area contributed by atoms with Gasteiger partial charge in [-0.25, -0.2) is 9.80 Å². The minimum atomic E-state index is -0.698. The van der Waals surface area contributed by atoms with Crippen LogP contribution in [-0.2, 0) is 22.7 Å². The van der Waals surface area contributed by atoms with Gasteiger partial charge in [0.05, 0.1) is 19.6 Å². The van der Waals surface area contributed by atoms with Gasteiger partial charge in [-0.15, -0.1) is 6.42 Å². The summed E-state index contributed by atoms with van der Waals surface area (Å²) in [6, 6.07) is 16.2. The minimum Gasteiger partial charge on any atom is -0.333 e. The Bertz CT molecular complexity index is 1120. The van der Waals surface area contributed by atoms with E-state index in [4.69, 9.17) is 6.42 Å². The second-order valence-corrected chi connectivity index (χ2v) is 9.24. The number of piperazine rings is 1. The maximum absolute atomic E-state index is 13.4. The molecular weight excluding hydrogens is 498 g/mol. The summed E-state index contributed by atoms with van der Waals surface area (Å²) >= 11 is 3.46. The molecule has 4 rings (SSSR count). The molecule has 2 aromatic carbocycles. The molecule has 0 aromatic heterocycles. The van der Waals surface area contributed by atoms with Crippen LogP contribution in [0.25, 0.3) is 0 Å². The molecule has 2 fully saturated rings. The van der Waals surface area contributed by atoms with Gasteiger partial charge in [-0.2, -0.15) is 5.01 Å². The summed E-state index contributed by atoms with van der Waals surface area (Å²) in [5.74, 6) is 2.16. The number of rotatable bonds is 5. The van der Waals surface area contributed by atoms with E-state index in [1.165, 1.54) is 9.91 Å². The first-order valence-electron chi connectivity index (χ1n) is 11.0. The number of fused-ring (bicyclic) bond motifs is 1. The Labute approximate surface area is 207 Å². The summed E-state index contributed by atoms with van der Waals surface area (Å²) < 4.78 is 0.916. The van der Waals surface area contributed by atoms with Crippen molar-refractivity contribution in [1.29, 1.82) is 0 Å². The van der Waals surface area contributed by atoms with Crippen molar-refractivity contribution in [2.75, 3.05) is 19.6 Å². The molecule has 2 aliphatic heterocycles. The summed E-state index contributed by atoms with van der Waals surface area (Å²) in [7, 11) is 0. The maximum atomic E-state index is 13.4. The molecule has 2 saturated heterocycles. The van der Waals surface area contributed by atoms with Crippen molar-refractivity contribution in [3.05, 3.63) is 70.2 Å². The molecular formula is C25H26BrN5O3. The quantitative estimate of drug-likeness (QED) is 0.610. The largest absolute Gasteiger partial charge is 0.334 e. The van der Waals surface area contributed by atoms with Crippen LogP contribution in [0.2, 0.25) is 0 Å². The fraction of sp³-hybridized carbons (Fsp3) is 0.320. The van der Waals surface area contributed by atoms with Gasteiger partial charge in [0, 0.05) is 17.6 Å². The average Bonchev–Trinajstić information content (AvgIpc) is 2.81. The van der Waals surface area contributed by atoms with E-state index in [-0.39, 0.29) is 37.5 Å². The van der Waals surface area contributed by atoms with Crippen molar-refractivity contribution < 1.29 is 14.4 Å². The van der Waals surface area contributed by atoms with Crippen LogP contribution in [0.5, 0.6) is 0 Å². The lowest BCUT2D eigenvalue weighted by Crippen LogP contribution is -2.75. The van der Waals surface area contributed by atoms with Crippen molar-refractivity contribution >= 4 is 33.8 Å². The van der Waals surface area contributed by atoms with Gasteiger partial charge in [-0.05, 0) is 30.2 Å². The molecule has 2 aromatic rings. The van der Waals surface area contributed by atoms with E-state index in [1.54, 1.807) is 16.8 Å². The molecule has 8 nitrogen and oxygen atoms in total. The fourth-order valence-corrected chi connectivity index (χ4v) is 4.90. The summed E-state index contributed by atoms with van der Waals surface area (Å²) in [5, 5.41) is 6.01. The van der Waals surface area contributed by atoms with Crippen LogP contribution in [0.4, 0.5) is 4.79 Å². The molecule has 9 heteroatoms. The zero-order valence-electron chi connectivity index (χ0n) is 18.9. The molecule has 0 spiro atoms. The molecule has 0 aliphatic carbocycles. The van der Waals surface area contributed by atoms with Crippen molar-refractivity contribution in [1.82, 2.24) is 25.1 Å². The van der Waals surface area contributed by atoms with E-state index in [1.807, 2.05) is 54.6 Å². The van der Waals surface area contributed by atoms with Crippen LogP contribution in [0.15, 0.2) is 59.1 Å². The Balaban J connectivity index is 1.60. The van der Waals surface area contributed by atoms with Gasteiger partial charge >= 0.3 is 6.03 Å². The van der Waals surface area contributed by atoms with Gasteiger partial charge in [0.15, 0.2) is 0 Å². The van der Waals surface area contributed by atoms with Crippen LogP contribution in [0.3, 0.4) is 0 Å². The second-order valence-electron chi connectivity index (χ2n) is 8.32. The van der Waals surface area contributed by atoms with Gasteiger partial charge < -0.3 is 15.1 Å². The van der Waals surface area contributed by atoms with E-state index in [2.05, 4.69) is 27.2 Å². The normalized spacial score (nSPS) is 20.7. The predicted octanol–water partition coefficient (Wildman–Crippen LogP) is 2.41. The van der Waals surface area contributed by atoms with Crippen molar-refractivity contribution in [3.8, 4) is 12.3 Å². The van der Waals surface area contributed by atoms with E-state index in [0.29, 0.717) is 13.1 Å². The summed E-state index contributed by atoms with van der Waals surface area (Å²) in [6.45, 7) is 2.62. The van der Waals surface area contributed by atoms with E-state index >= 15 is 0 Å². The van der Waals surface area contributed by atoms with Gasteiger partial charge in [-0.1, -0.05) is 64.3 Å². The number of hydrogen-bond acceptors (Lipinski definition) is 4. The number of nitrogens with one attached hydrogen (secondary N) is 1. The number of amides is 4. The Morgan fingerprint density at radius 1 is 1.15 bits per heavy atom. The number of urea groups is 1. The fourth-order valence-electron chi connectivity index (χ4n) is 4.45. The standard InChI is InChI=1S/C25H26BrN5O3/c1-3-12-29-17-23(32)30-18(2)24(33)28(15-20-10-7-11-21(26)13-20)16-22(30)31(29)25(34)27-14-19-8-5-4-6-9-19/h1,4-11,13,18,22H,12,14-17H2,2H3,(H,27,34)/t18-,22-/m0/s1. The van der Waals surface area contributed by atoms with Gasteiger partial charge in [0.25, 0.3) is 0 Å². The molecule has 4 amide bonds. The highest BCUT2D eigenvalue weighted by atomic mass is 79.9. The smallest absolute Gasteiger partial charge is 0.333 e. The highest BCUT2D eigenvalue weighted by Gasteiger charge is 2.49. The topological polar surface area (TPSA) is 76.2 Å². The maximum Gasteiger partial charge on any atom is 0.334 e. The van der Waals surface area contributed by atoms with Crippen molar-refractivity contribution in [3.63, 3.8) is 0 Å². The van der Waals surface area contributed by atoms with Gasteiger partial charge in [0.2, 0.25) is 11.8 Å². The van der Waals surface area contributed by atoms with Crippen LogP contribution in [-0.4, -0.2) is 69.5 Å². The Kier molecular flexibility index (Phi) is 7.20. The molecule has 0 saturated carbocycles. The first-order valence-corrected chi connectivity index (χ1v) is 11.8. The lowest BCUT2D eigenvalue weighted by molar-refractivity contribution is -0.188. The number of carbonyl (C=O) groups excluding carboxylic acids is 3. The molecule has 2 aliphatic rings. The van der Waals surface area contributed by atoms with Gasteiger partial charge in [-0.3, -0.25) is 9.59 Å². The van der Waals surface area contributed by atoms with Crippen molar-refractivity contribution in [2.24, 2.45) is 0 Å². The SMILES string of the molecule is C#CCN1CC(=O)N2[C@@H](C)C(=O)N(Cc3cccc(Br)c3)C[C@@H]2N1C(=O)NCc1ccccc1. The third-order valence-corrected chi connectivity index (χ3v) is 6.51. The summed E-state index contributed by atoms with van der Waals surface area (Å²) in [5.41, 5.74) is 1.90. The van der Waals surface area contributed by atoms with E-state index in [9.17, 15) is 14.4 Å². The predicted molar refractivity (Wildman–Crippen MR) is 131 cm³/mol. The number of terminal acetylenes is 1. The first-order chi connectivity index (χ1) is 16.4. The molecule has 2 heterocycles. The van der Waals surface area contributed by atoms with E-state index < -0.39 is 12.2 Å². The number of nitrogens with zero attached hydrogens (tertiary/aromatic N) is 4. The van der Waals surface area contributed by atoms with Crippen LogP contribution < -0.4 is 5.32 Å². The van der Waals surface area contributed by atoms with Crippen LogP contribution >= 0.6 is 15.9 Å². The highest BCUT2D eigenvalue weighted by molar-refractivity contribution is 9.10. The summed E-state index contributed by atoms with van der Waals surface area (Å²) in [6.07, 6.45) is 4.89. The van der Waals surface area contributed by atoms with Crippen LogP contribution in [0, 0.1) is 12.3 Å². The second kappa shape index (κ2) is 10.3.